The van der Waals surface area contributed by atoms with Crippen molar-refractivity contribution < 1.29 is 31.1 Å². The molecule has 3 rings (SSSR count). The predicted octanol–water partition coefficient (Wildman–Crippen LogP) is 4.25. The lowest BCUT2D eigenvalue weighted by Crippen LogP contribution is -2.32. The zero-order chi connectivity index (χ0) is 20.5. The highest BCUT2D eigenvalue weighted by molar-refractivity contribution is 7.89. The van der Waals surface area contributed by atoms with E-state index >= 15 is 0 Å². The highest BCUT2D eigenvalue weighted by Gasteiger charge is 2.42. The molecule has 2 aromatic rings. The Balaban J connectivity index is 2.04. The fourth-order valence-electron chi connectivity index (χ4n) is 3.47. The second-order valence-electron chi connectivity index (χ2n) is 6.38. The van der Waals surface area contributed by atoms with E-state index in [1.54, 1.807) is 18.2 Å². The number of benzene rings is 2. The molecule has 5 nitrogen and oxygen atoms in total. The van der Waals surface area contributed by atoms with E-state index in [0.29, 0.717) is 29.9 Å². The van der Waals surface area contributed by atoms with Gasteiger partial charge in [-0.25, -0.2) is 8.42 Å². The summed E-state index contributed by atoms with van der Waals surface area (Å²) >= 11 is 0. The molecule has 1 heterocycles. The summed E-state index contributed by atoms with van der Waals surface area (Å²) in [6, 6.07) is 8.70. The molecule has 0 aliphatic carbocycles. The second-order valence-corrected chi connectivity index (χ2v) is 8.24. The summed E-state index contributed by atoms with van der Waals surface area (Å²) in [7, 11) is -1.40. The molecule has 0 amide bonds. The van der Waals surface area contributed by atoms with Crippen LogP contribution in [0.25, 0.3) is 0 Å². The van der Waals surface area contributed by atoms with E-state index in [1.807, 2.05) is 0 Å². The molecule has 0 saturated carbocycles. The van der Waals surface area contributed by atoms with Crippen LogP contribution in [0.3, 0.4) is 0 Å². The summed E-state index contributed by atoms with van der Waals surface area (Å²) in [5.74, 6) is 0.918. The van der Waals surface area contributed by atoms with Crippen LogP contribution in [-0.2, 0) is 16.2 Å². The van der Waals surface area contributed by atoms with E-state index in [2.05, 4.69) is 0 Å². The van der Waals surface area contributed by atoms with Crippen molar-refractivity contribution in [1.82, 2.24) is 4.31 Å². The third kappa shape index (κ3) is 3.68. The van der Waals surface area contributed by atoms with Gasteiger partial charge in [-0.1, -0.05) is 18.2 Å². The van der Waals surface area contributed by atoms with Gasteiger partial charge in [0.05, 0.1) is 30.7 Å². The number of hydrogen-bond acceptors (Lipinski definition) is 4. The van der Waals surface area contributed by atoms with Crippen LogP contribution in [0.15, 0.2) is 47.4 Å². The Morgan fingerprint density at radius 3 is 2.36 bits per heavy atom. The maximum absolute atomic E-state index is 13.4. The van der Waals surface area contributed by atoms with E-state index in [9.17, 15) is 21.6 Å². The molecule has 0 bridgehead atoms. The van der Waals surface area contributed by atoms with Gasteiger partial charge >= 0.3 is 6.18 Å². The van der Waals surface area contributed by atoms with Crippen LogP contribution in [-0.4, -0.2) is 33.5 Å². The highest BCUT2D eigenvalue weighted by atomic mass is 32.2. The van der Waals surface area contributed by atoms with E-state index in [-0.39, 0.29) is 6.54 Å². The first kappa shape index (κ1) is 20.5. The number of methoxy groups -OCH3 is 2. The lowest BCUT2D eigenvalue weighted by molar-refractivity contribution is -0.139. The zero-order valence-corrected chi connectivity index (χ0v) is 16.2. The van der Waals surface area contributed by atoms with Gasteiger partial charge in [-0.3, -0.25) is 0 Å². The average molecular weight is 415 g/mol. The molecule has 1 fully saturated rings. The molecule has 9 heteroatoms. The summed E-state index contributed by atoms with van der Waals surface area (Å²) in [4.78, 5) is -0.727. The normalized spacial score (nSPS) is 18.2. The van der Waals surface area contributed by atoms with E-state index in [4.69, 9.17) is 9.47 Å². The maximum atomic E-state index is 13.4. The molecule has 0 radical (unpaired) electrons. The molecule has 28 heavy (non-hydrogen) atoms. The second kappa shape index (κ2) is 7.63. The van der Waals surface area contributed by atoms with Crippen molar-refractivity contribution in [2.24, 2.45) is 0 Å². The van der Waals surface area contributed by atoms with E-state index < -0.39 is 32.7 Å². The molecular formula is C19H20F3NO4S. The molecule has 1 aliphatic rings. The van der Waals surface area contributed by atoms with Gasteiger partial charge in [-0.05, 0) is 42.7 Å². The zero-order valence-electron chi connectivity index (χ0n) is 15.4. The largest absolute Gasteiger partial charge is 0.493 e. The van der Waals surface area contributed by atoms with Crippen molar-refractivity contribution in [1.29, 1.82) is 0 Å². The van der Waals surface area contributed by atoms with Crippen molar-refractivity contribution in [3.63, 3.8) is 0 Å². The molecule has 2 aromatic carbocycles. The first-order chi connectivity index (χ1) is 13.2. The van der Waals surface area contributed by atoms with Gasteiger partial charge in [-0.15, -0.1) is 0 Å². The molecule has 152 valence electrons. The highest BCUT2D eigenvalue weighted by Crippen LogP contribution is 2.42. The number of sulfonamides is 1. The van der Waals surface area contributed by atoms with Crippen LogP contribution >= 0.6 is 0 Å². The minimum Gasteiger partial charge on any atom is -0.493 e. The van der Waals surface area contributed by atoms with Crippen molar-refractivity contribution in [2.45, 2.75) is 30.0 Å². The van der Waals surface area contributed by atoms with Gasteiger partial charge in [0, 0.05) is 6.54 Å². The fourth-order valence-corrected chi connectivity index (χ4v) is 5.37. The third-order valence-corrected chi connectivity index (χ3v) is 6.74. The summed E-state index contributed by atoms with van der Waals surface area (Å²) in [5.41, 5.74) is -0.517. The molecule has 1 atom stereocenters. The van der Waals surface area contributed by atoms with Crippen LogP contribution in [0.1, 0.15) is 30.0 Å². The van der Waals surface area contributed by atoms with Crippen molar-refractivity contribution in [3.05, 3.63) is 53.6 Å². The number of alkyl halides is 3. The van der Waals surface area contributed by atoms with Gasteiger partial charge in [0.1, 0.15) is 0 Å². The monoisotopic (exact) mass is 415 g/mol. The third-order valence-electron chi connectivity index (χ3n) is 4.78. The maximum Gasteiger partial charge on any atom is 0.417 e. The molecule has 1 aliphatic heterocycles. The number of hydrogen-bond donors (Lipinski definition) is 0. The molecule has 0 aromatic heterocycles. The summed E-state index contributed by atoms with van der Waals surface area (Å²) in [5, 5.41) is 0. The minimum absolute atomic E-state index is 0.146. The summed E-state index contributed by atoms with van der Waals surface area (Å²) < 4.78 is 77.9. The summed E-state index contributed by atoms with van der Waals surface area (Å²) in [6.45, 7) is 0.146. The quantitative estimate of drug-likeness (QED) is 0.733. The Morgan fingerprint density at radius 1 is 1.04 bits per heavy atom. The topological polar surface area (TPSA) is 55.8 Å². The number of nitrogens with zero attached hydrogens (tertiary/aromatic N) is 1. The van der Waals surface area contributed by atoms with E-state index in [0.717, 1.165) is 16.4 Å². The van der Waals surface area contributed by atoms with Crippen molar-refractivity contribution >= 4 is 10.0 Å². The Hall–Kier alpha value is -2.26. The van der Waals surface area contributed by atoms with Gasteiger partial charge in [0.2, 0.25) is 10.0 Å². The average Bonchev–Trinajstić information content (AvgIpc) is 3.17. The van der Waals surface area contributed by atoms with Crippen LogP contribution in [0, 0.1) is 0 Å². The Bertz CT molecular complexity index is 960. The Kier molecular flexibility index (Phi) is 5.58. The standard InChI is InChI=1S/C19H20F3NO4S/c1-26-16-10-9-13(12-17(16)27-2)15-7-5-11-23(15)28(24,25)18-8-4-3-6-14(18)19(20,21)22/h3-4,6,8-10,12,15H,5,7,11H2,1-2H3. The Morgan fingerprint density at radius 2 is 1.71 bits per heavy atom. The SMILES string of the molecule is COc1ccc(C2CCCN2S(=O)(=O)c2ccccc2C(F)(F)F)cc1OC. The van der Waals surface area contributed by atoms with Gasteiger partial charge in [0.15, 0.2) is 11.5 Å². The predicted molar refractivity (Wildman–Crippen MR) is 96.9 cm³/mol. The molecule has 1 unspecified atom stereocenters. The van der Waals surface area contributed by atoms with Crippen molar-refractivity contribution in [2.75, 3.05) is 20.8 Å². The van der Waals surface area contributed by atoms with Gasteiger partial charge < -0.3 is 9.47 Å². The van der Waals surface area contributed by atoms with Crippen LogP contribution < -0.4 is 9.47 Å². The van der Waals surface area contributed by atoms with Crippen LogP contribution in [0.5, 0.6) is 11.5 Å². The lowest BCUT2D eigenvalue weighted by atomic mass is 10.0. The number of rotatable bonds is 5. The van der Waals surface area contributed by atoms with Crippen molar-refractivity contribution in [3.8, 4) is 11.5 Å². The molecule has 0 spiro atoms. The number of halogens is 3. The van der Waals surface area contributed by atoms with Crippen LogP contribution in [0.4, 0.5) is 13.2 Å². The first-order valence-electron chi connectivity index (χ1n) is 8.60. The lowest BCUT2D eigenvalue weighted by Gasteiger charge is -2.26. The smallest absolute Gasteiger partial charge is 0.417 e. The Labute approximate surface area is 161 Å². The fraction of sp³-hybridized carbons (Fsp3) is 0.368. The van der Waals surface area contributed by atoms with Gasteiger partial charge in [0.25, 0.3) is 0 Å². The van der Waals surface area contributed by atoms with Crippen LogP contribution in [0.2, 0.25) is 0 Å². The number of ether oxygens (including phenoxy) is 2. The van der Waals surface area contributed by atoms with E-state index in [1.165, 1.54) is 26.4 Å². The molecule has 0 N–H and O–H groups in total. The first-order valence-corrected chi connectivity index (χ1v) is 10.0. The molecular weight excluding hydrogens is 395 g/mol. The van der Waals surface area contributed by atoms with Gasteiger partial charge in [-0.2, -0.15) is 17.5 Å². The molecule has 1 saturated heterocycles. The summed E-state index contributed by atoms with van der Waals surface area (Å²) in [6.07, 6.45) is -3.71. The minimum atomic E-state index is -4.76.